The number of aromatic nitrogens is 1. The fraction of sp³-hybridized carbons (Fsp3) is 0.167. The Morgan fingerprint density at radius 2 is 1.52 bits per heavy atom. The van der Waals surface area contributed by atoms with Crippen LogP contribution in [0.1, 0.15) is 24.1 Å². The molecule has 3 aromatic carbocycles. The molecule has 158 valence electrons. The van der Waals surface area contributed by atoms with E-state index in [1.165, 1.54) is 6.07 Å². The molecule has 0 fully saturated rings. The Balaban J connectivity index is 1.66. The van der Waals surface area contributed by atoms with Crippen LogP contribution in [0.15, 0.2) is 77.6 Å². The number of fused-ring (bicyclic) bond motifs is 2. The summed E-state index contributed by atoms with van der Waals surface area (Å²) in [6.07, 6.45) is -4.45. The molecule has 1 N–H and O–H groups in total. The number of carbonyl (C=O) groups excluding carboxylic acids is 1. The van der Waals surface area contributed by atoms with Gasteiger partial charge < -0.3 is 9.88 Å². The Bertz CT molecular complexity index is 1280. The van der Waals surface area contributed by atoms with E-state index in [4.69, 9.17) is 0 Å². The molecule has 0 saturated carbocycles. The fourth-order valence-corrected chi connectivity index (χ4v) is 3.75. The predicted molar refractivity (Wildman–Crippen MR) is 114 cm³/mol. The number of benzene rings is 3. The van der Waals surface area contributed by atoms with Crippen LogP contribution in [0.5, 0.6) is 0 Å². The Hall–Kier alpha value is -3.61. The Morgan fingerprint density at radius 1 is 0.935 bits per heavy atom. The maximum atomic E-state index is 13.0. The van der Waals surface area contributed by atoms with E-state index in [1.807, 2.05) is 0 Å². The van der Waals surface area contributed by atoms with Gasteiger partial charge in [0.15, 0.2) is 5.43 Å². The minimum absolute atomic E-state index is 0.0788. The Labute approximate surface area is 175 Å². The summed E-state index contributed by atoms with van der Waals surface area (Å²) in [7, 11) is 0. The molecular weight excluding hydrogens is 405 g/mol. The van der Waals surface area contributed by atoms with Crippen LogP contribution >= 0.6 is 0 Å². The lowest BCUT2D eigenvalue weighted by Gasteiger charge is -2.19. The molecule has 0 aliphatic carbocycles. The molecule has 4 nitrogen and oxygen atoms in total. The van der Waals surface area contributed by atoms with Gasteiger partial charge in [-0.15, -0.1) is 0 Å². The van der Waals surface area contributed by atoms with Crippen molar-refractivity contribution in [3.8, 4) is 0 Å². The molecular formula is C24H19F3N2O2. The van der Waals surface area contributed by atoms with E-state index in [0.29, 0.717) is 27.4 Å². The number of hydrogen-bond acceptors (Lipinski definition) is 2. The number of hydrogen-bond donors (Lipinski definition) is 1. The molecule has 0 radical (unpaired) electrons. The van der Waals surface area contributed by atoms with Crippen molar-refractivity contribution in [3.63, 3.8) is 0 Å². The average molecular weight is 424 g/mol. The summed E-state index contributed by atoms with van der Waals surface area (Å²) >= 11 is 0. The molecule has 0 aliphatic heterocycles. The summed E-state index contributed by atoms with van der Waals surface area (Å²) in [4.78, 5) is 25.6. The van der Waals surface area contributed by atoms with Gasteiger partial charge in [0.25, 0.3) is 0 Å². The maximum Gasteiger partial charge on any atom is 0.416 e. The molecule has 1 amide bonds. The third kappa shape index (κ3) is 4.03. The first-order valence-electron chi connectivity index (χ1n) is 9.72. The lowest BCUT2D eigenvalue weighted by atomic mass is 10.0. The van der Waals surface area contributed by atoms with E-state index in [1.54, 1.807) is 66.1 Å². The fourth-order valence-electron chi connectivity index (χ4n) is 3.75. The number of carbonyl (C=O) groups is 1. The van der Waals surface area contributed by atoms with Crippen LogP contribution in [0.2, 0.25) is 0 Å². The highest BCUT2D eigenvalue weighted by Gasteiger charge is 2.30. The highest BCUT2D eigenvalue weighted by atomic mass is 19.4. The van der Waals surface area contributed by atoms with Crippen LogP contribution in [0, 0.1) is 0 Å². The van der Waals surface area contributed by atoms with Gasteiger partial charge in [-0.1, -0.05) is 36.4 Å². The number of alkyl halides is 3. The Morgan fingerprint density at radius 3 is 2.10 bits per heavy atom. The minimum atomic E-state index is -4.45. The molecule has 1 heterocycles. The van der Waals surface area contributed by atoms with Crippen LogP contribution in [-0.4, -0.2) is 10.5 Å². The normalized spacial score (nSPS) is 12.8. The van der Waals surface area contributed by atoms with Crippen LogP contribution in [-0.2, 0) is 17.5 Å². The highest BCUT2D eigenvalue weighted by Crippen LogP contribution is 2.30. The van der Waals surface area contributed by atoms with Gasteiger partial charge in [-0.2, -0.15) is 13.2 Å². The van der Waals surface area contributed by atoms with Gasteiger partial charge in [0.05, 0.1) is 22.6 Å². The van der Waals surface area contributed by atoms with E-state index in [0.717, 1.165) is 12.1 Å². The summed E-state index contributed by atoms with van der Waals surface area (Å²) in [5.41, 5.74) is 0.725. The number of nitrogens with one attached hydrogen (secondary N) is 1. The smallest absolute Gasteiger partial charge is 0.348 e. The van der Waals surface area contributed by atoms with E-state index < -0.39 is 17.8 Å². The number of nitrogens with zero attached hydrogens (tertiary/aromatic N) is 1. The van der Waals surface area contributed by atoms with Gasteiger partial charge in [0.2, 0.25) is 5.91 Å². The van der Waals surface area contributed by atoms with Crippen molar-refractivity contribution in [2.75, 3.05) is 0 Å². The minimum Gasteiger partial charge on any atom is -0.348 e. The number of halogens is 3. The molecule has 4 rings (SSSR count). The molecule has 7 heteroatoms. The molecule has 1 atom stereocenters. The summed E-state index contributed by atoms with van der Waals surface area (Å²) in [5.74, 6) is -0.371. The standard InChI is InChI=1S/C24H19F3N2O2/c1-15(16-7-6-8-17(13-16)24(25,26)27)28-22(30)14-29-20-11-4-2-9-18(20)23(31)19-10-3-5-12-21(19)29/h2-13,15H,14H2,1H3,(H,28,30). The monoisotopic (exact) mass is 424 g/mol. The SMILES string of the molecule is CC(NC(=O)Cn1c2ccccc2c(=O)c2ccccc21)c1cccc(C(F)(F)F)c1. The number of para-hydroxylation sites is 2. The van der Waals surface area contributed by atoms with Crippen molar-refractivity contribution < 1.29 is 18.0 Å². The summed E-state index contributed by atoms with van der Waals surface area (Å²) in [6.45, 7) is 1.56. The molecule has 0 saturated heterocycles. The number of amides is 1. The first-order valence-corrected chi connectivity index (χ1v) is 9.72. The second-order valence-corrected chi connectivity index (χ2v) is 7.36. The van der Waals surface area contributed by atoms with E-state index in [-0.39, 0.29) is 17.9 Å². The molecule has 0 bridgehead atoms. The third-order valence-corrected chi connectivity index (χ3v) is 5.27. The average Bonchev–Trinajstić information content (AvgIpc) is 2.76. The molecule has 4 aromatic rings. The predicted octanol–water partition coefficient (Wildman–Crippen LogP) is 5.05. The van der Waals surface area contributed by atoms with E-state index >= 15 is 0 Å². The summed E-state index contributed by atoms with van der Waals surface area (Å²) < 4.78 is 40.7. The van der Waals surface area contributed by atoms with Crippen molar-refractivity contribution in [1.82, 2.24) is 9.88 Å². The second kappa shape index (κ2) is 7.91. The maximum absolute atomic E-state index is 13.0. The van der Waals surface area contributed by atoms with Gasteiger partial charge in [0, 0.05) is 10.8 Å². The van der Waals surface area contributed by atoms with Gasteiger partial charge in [0.1, 0.15) is 6.54 Å². The number of rotatable bonds is 4. The molecule has 1 unspecified atom stereocenters. The first-order chi connectivity index (χ1) is 14.8. The first kappa shape index (κ1) is 20.7. The van der Waals surface area contributed by atoms with Gasteiger partial charge >= 0.3 is 6.18 Å². The van der Waals surface area contributed by atoms with Gasteiger partial charge in [-0.3, -0.25) is 9.59 Å². The summed E-state index contributed by atoms with van der Waals surface area (Å²) in [5, 5.41) is 3.76. The third-order valence-electron chi connectivity index (χ3n) is 5.27. The van der Waals surface area contributed by atoms with Crippen molar-refractivity contribution in [3.05, 3.63) is 94.1 Å². The van der Waals surface area contributed by atoms with Crippen LogP contribution < -0.4 is 10.7 Å². The van der Waals surface area contributed by atoms with Crippen molar-refractivity contribution in [2.45, 2.75) is 25.7 Å². The second-order valence-electron chi connectivity index (χ2n) is 7.36. The van der Waals surface area contributed by atoms with Crippen LogP contribution in [0.4, 0.5) is 13.2 Å². The Kier molecular flexibility index (Phi) is 5.27. The van der Waals surface area contributed by atoms with Gasteiger partial charge in [-0.25, -0.2) is 0 Å². The van der Waals surface area contributed by atoms with Crippen LogP contribution in [0.25, 0.3) is 21.8 Å². The highest BCUT2D eigenvalue weighted by molar-refractivity contribution is 5.94. The van der Waals surface area contributed by atoms with Crippen molar-refractivity contribution >= 4 is 27.7 Å². The molecule has 0 spiro atoms. The van der Waals surface area contributed by atoms with Crippen molar-refractivity contribution in [2.24, 2.45) is 0 Å². The topological polar surface area (TPSA) is 51.1 Å². The van der Waals surface area contributed by atoms with E-state index in [9.17, 15) is 22.8 Å². The quantitative estimate of drug-likeness (QED) is 0.466. The number of pyridine rings is 1. The van der Waals surface area contributed by atoms with Gasteiger partial charge in [-0.05, 0) is 48.9 Å². The molecule has 0 aliphatic rings. The summed E-state index contributed by atoms with van der Waals surface area (Å²) in [6, 6.07) is 18.3. The molecule has 31 heavy (non-hydrogen) atoms. The lowest BCUT2D eigenvalue weighted by Crippen LogP contribution is -2.31. The van der Waals surface area contributed by atoms with Crippen LogP contribution in [0.3, 0.4) is 0 Å². The lowest BCUT2D eigenvalue weighted by molar-refractivity contribution is -0.137. The zero-order valence-electron chi connectivity index (χ0n) is 16.6. The molecule has 1 aromatic heterocycles. The zero-order chi connectivity index (χ0) is 22.2. The van der Waals surface area contributed by atoms with Crippen molar-refractivity contribution in [1.29, 1.82) is 0 Å². The van der Waals surface area contributed by atoms with E-state index in [2.05, 4.69) is 5.32 Å². The zero-order valence-corrected chi connectivity index (χ0v) is 16.6. The largest absolute Gasteiger partial charge is 0.416 e.